The molecule has 0 amide bonds. The van der Waals surface area contributed by atoms with Gasteiger partial charge in [-0.25, -0.2) is 12.4 Å². The van der Waals surface area contributed by atoms with Gasteiger partial charge in [-0.05, 0) is 56.8 Å². The molecule has 4 rings (SSSR count). The van der Waals surface area contributed by atoms with E-state index in [4.69, 9.17) is 0 Å². The summed E-state index contributed by atoms with van der Waals surface area (Å²) in [6, 6.07) is 12.3. The highest BCUT2D eigenvalue weighted by molar-refractivity contribution is 7.90. The second-order valence-corrected chi connectivity index (χ2v) is 9.00. The van der Waals surface area contributed by atoms with Gasteiger partial charge in [-0.3, -0.25) is 0 Å². The number of hydrogen-bond donors (Lipinski definition) is 1. The van der Waals surface area contributed by atoms with Gasteiger partial charge >= 0.3 is 0 Å². The average molecular weight is 370 g/mol. The first-order chi connectivity index (χ1) is 12.3. The quantitative estimate of drug-likeness (QED) is 0.770. The third-order valence-electron chi connectivity index (χ3n) is 5.26. The number of benzene rings is 2. The van der Waals surface area contributed by atoms with E-state index >= 15 is 0 Å². The summed E-state index contributed by atoms with van der Waals surface area (Å²) in [5, 5.41) is 11.6. The minimum Gasteiger partial charge on any atom is -0.387 e. The van der Waals surface area contributed by atoms with Crippen LogP contribution in [0.4, 0.5) is 0 Å². The first-order valence-electron chi connectivity index (χ1n) is 8.60. The number of aliphatic hydroxyl groups is 1. The molecule has 0 saturated heterocycles. The molecule has 1 aliphatic carbocycles. The summed E-state index contributed by atoms with van der Waals surface area (Å²) >= 11 is 0. The Hall–Kier alpha value is -2.15. The van der Waals surface area contributed by atoms with Crippen molar-refractivity contribution in [2.75, 3.05) is 14.1 Å². The lowest BCUT2D eigenvalue weighted by Gasteiger charge is -2.33. The van der Waals surface area contributed by atoms with E-state index in [-0.39, 0.29) is 10.9 Å². The van der Waals surface area contributed by atoms with E-state index in [0.29, 0.717) is 11.9 Å². The monoisotopic (exact) mass is 370 g/mol. The summed E-state index contributed by atoms with van der Waals surface area (Å²) in [6.07, 6.45) is 1.68. The number of aliphatic hydroxyl groups excluding tert-OH is 1. The van der Waals surface area contributed by atoms with Crippen LogP contribution in [-0.2, 0) is 16.4 Å². The molecule has 0 fully saturated rings. The Balaban J connectivity index is 1.94. The van der Waals surface area contributed by atoms with Gasteiger partial charge in [-0.1, -0.05) is 29.8 Å². The average Bonchev–Trinajstić information content (AvgIpc) is 2.99. The molecule has 1 aromatic heterocycles. The maximum Gasteiger partial charge on any atom is 0.268 e. The van der Waals surface area contributed by atoms with E-state index in [1.54, 1.807) is 36.5 Å². The van der Waals surface area contributed by atoms with E-state index in [2.05, 4.69) is 0 Å². The summed E-state index contributed by atoms with van der Waals surface area (Å²) < 4.78 is 27.8. The van der Waals surface area contributed by atoms with Crippen molar-refractivity contribution in [3.05, 3.63) is 65.4 Å². The molecule has 136 valence electrons. The molecule has 0 spiro atoms. The summed E-state index contributed by atoms with van der Waals surface area (Å²) in [4.78, 5) is 2.25. The second-order valence-electron chi connectivity index (χ2n) is 7.19. The van der Waals surface area contributed by atoms with Crippen molar-refractivity contribution in [3.63, 3.8) is 0 Å². The molecule has 2 aromatic carbocycles. The zero-order valence-corrected chi connectivity index (χ0v) is 15.9. The topological polar surface area (TPSA) is 62.5 Å². The maximum atomic E-state index is 13.2. The van der Waals surface area contributed by atoms with Crippen LogP contribution in [0.25, 0.3) is 10.9 Å². The van der Waals surface area contributed by atoms with Crippen LogP contribution in [0.2, 0.25) is 0 Å². The van der Waals surface area contributed by atoms with E-state index in [1.165, 1.54) is 3.97 Å². The Morgan fingerprint density at radius 1 is 1.12 bits per heavy atom. The molecule has 2 unspecified atom stereocenters. The van der Waals surface area contributed by atoms with Gasteiger partial charge in [0, 0.05) is 17.6 Å². The molecule has 0 bridgehead atoms. The number of aromatic nitrogens is 1. The van der Waals surface area contributed by atoms with Gasteiger partial charge < -0.3 is 10.0 Å². The molecule has 1 aliphatic rings. The van der Waals surface area contributed by atoms with Gasteiger partial charge in [0.2, 0.25) is 0 Å². The lowest BCUT2D eigenvalue weighted by molar-refractivity contribution is 0.0740. The molecule has 0 radical (unpaired) electrons. The number of rotatable bonds is 3. The van der Waals surface area contributed by atoms with Gasteiger partial charge in [0.15, 0.2) is 0 Å². The Labute approximate surface area is 153 Å². The van der Waals surface area contributed by atoms with Crippen molar-refractivity contribution in [1.29, 1.82) is 0 Å². The van der Waals surface area contributed by atoms with E-state index in [1.807, 2.05) is 38.1 Å². The van der Waals surface area contributed by atoms with Gasteiger partial charge in [0.1, 0.15) is 0 Å². The third kappa shape index (κ3) is 2.48. The first kappa shape index (κ1) is 17.3. The zero-order chi connectivity index (χ0) is 18.6. The van der Waals surface area contributed by atoms with Gasteiger partial charge in [0.05, 0.1) is 16.5 Å². The highest BCUT2D eigenvalue weighted by Gasteiger charge is 2.33. The highest BCUT2D eigenvalue weighted by atomic mass is 32.2. The lowest BCUT2D eigenvalue weighted by Crippen LogP contribution is -2.37. The van der Waals surface area contributed by atoms with Gasteiger partial charge in [0.25, 0.3) is 10.0 Å². The van der Waals surface area contributed by atoms with Crippen molar-refractivity contribution in [2.24, 2.45) is 0 Å². The van der Waals surface area contributed by atoms with E-state index < -0.39 is 16.1 Å². The molecule has 2 atom stereocenters. The third-order valence-corrected chi connectivity index (χ3v) is 6.95. The van der Waals surface area contributed by atoms with Crippen LogP contribution in [-0.4, -0.2) is 42.5 Å². The van der Waals surface area contributed by atoms with Crippen LogP contribution in [0.5, 0.6) is 0 Å². The van der Waals surface area contributed by atoms with Crippen molar-refractivity contribution < 1.29 is 13.5 Å². The van der Waals surface area contributed by atoms with Crippen LogP contribution in [0.3, 0.4) is 0 Å². The Bertz CT molecular complexity index is 1080. The molecule has 0 aliphatic heterocycles. The molecule has 1 N–H and O–H groups in total. The van der Waals surface area contributed by atoms with Crippen LogP contribution < -0.4 is 0 Å². The van der Waals surface area contributed by atoms with Crippen molar-refractivity contribution in [3.8, 4) is 0 Å². The number of likely N-dealkylation sites (N-methyl/N-ethyl adjacent to an activating group) is 1. The van der Waals surface area contributed by atoms with Crippen molar-refractivity contribution >= 4 is 20.9 Å². The van der Waals surface area contributed by atoms with E-state index in [0.717, 1.165) is 22.1 Å². The molecule has 0 saturated carbocycles. The predicted molar refractivity (Wildman–Crippen MR) is 102 cm³/mol. The zero-order valence-electron chi connectivity index (χ0n) is 15.0. The molecule has 26 heavy (non-hydrogen) atoms. The Morgan fingerprint density at radius 3 is 2.46 bits per heavy atom. The molecular weight excluding hydrogens is 348 g/mol. The predicted octanol–water partition coefficient (Wildman–Crippen LogP) is 2.71. The minimum absolute atomic E-state index is 0.0778. The summed E-state index contributed by atoms with van der Waals surface area (Å²) in [6.45, 7) is 1.93. The van der Waals surface area contributed by atoms with Crippen LogP contribution in [0.1, 0.15) is 22.8 Å². The highest BCUT2D eigenvalue weighted by Crippen LogP contribution is 2.39. The summed E-state index contributed by atoms with van der Waals surface area (Å²) in [7, 11) is 0.165. The molecule has 1 heterocycles. The fourth-order valence-corrected chi connectivity index (χ4v) is 5.18. The van der Waals surface area contributed by atoms with Crippen molar-refractivity contribution in [1.82, 2.24) is 8.87 Å². The second kappa shape index (κ2) is 5.94. The molecule has 6 heteroatoms. The molecule has 5 nitrogen and oxygen atoms in total. The largest absolute Gasteiger partial charge is 0.387 e. The number of aryl methyl sites for hydroxylation is 1. The lowest BCUT2D eigenvalue weighted by atomic mass is 9.86. The number of nitrogens with zero attached hydrogens (tertiary/aromatic N) is 2. The summed E-state index contributed by atoms with van der Waals surface area (Å²) in [5.41, 5.74) is 3.38. The smallest absolute Gasteiger partial charge is 0.268 e. The van der Waals surface area contributed by atoms with Crippen molar-refractivity contribution in [2.45, 2.75) is 30.4 Å². The SMILES string of the molecule is Cc1ccc(S(=O)(=O)n2cc3c4c(cccc42)C(O)C(N(C)C)C3)cc1. The van der Waals surface area contributed by atoms with Gasteiger partial charge in [-0.2, -0.15) is 0 Å². The fraction of sp³-hybridized carbons (Fsp3) is 0.300. The first-order valence-corrected chi connectivity index (χ1v) is 10.0. The molecular formula is C20H22N2O3S. The molecule has 3 aromatic rings. The minimum atomic E-state index is -3.69. The maximum absolute atomic E-state index is 13.2. The Kier molecular flexibility index (Phi) is 3.95. The number of hydrogen-bond acceptors (Lipinski definition) is 4. The van der Waals surface area contributed by atoms with Crippen LogP contribution in [0.15, 0.2) is 53.6 Å². The standard InChI is InChI=1S/C20H22N2O3S/c1-13-7-9-15(10-8-13)26(24,25)22-12-14-11-18(21(2)3)20(23)16-5-4-6-17(22)19(14)16/h4-10,12,18,20,23H,11H2,1-3H3. The normalized spacial score (nSPS) is 20.0. The van der Waals surface area contributed by atoms with Crippen LogP contribution >= 0.6 is 0 Å². The summed E-state index contributed by atoms with van der Waals surface area (Å²) in [5.74, 6) is 0. The fourth-order valence-electron chi connectivity index (χ4n) is 3.80. The van der Waals surface area contributed by atoms with E-state index in [9.17, 15) is 13.5 Å². The van der Waals surface area contributed by atoms with Gasteiger partial charge in [-0.15, -0.1) is 0 Å². The Morgan fingerprint density at radius 2 is 1.81 bits per heavy atom. The van der Waals surface area contributed by atoms with Crippen LogP contribution in [0, 0.1) is 6.92 Å².